The molecule has 0 bridgehead atoms. The van der Waals surface area contributed by atoms with Crippen LogP contribution >= 0.6 is 27.5 Å². The van der Waals surface area contributed by atoms with E-state index in [0.29, 0.717) is 10.6 Å². The van der Waals surface area contributed by atoms with Gasteiger partial charge in [-0.1, -0.05) is 51.8 Å². The lowest BCUT2D eigenvalue weighted by molar-refractivity contribution is -0.129. The van der Waals surface area contributed by atoms with Crippen molar-refractivity contribution in [2.45, 2.75) is 0 Å². The second kappa shape index (κ2) is 5.84. The van der Waals surface area contributed by atoms with Crippen LogP contribution in [0.1, 0.15) is 11.1 Å². The van der Waals surface area contributed by atoms with E-state index in [2.05, 4.69) is 20.9 Å². The molecule has 0 saturated carbocycles. The summed E-state index contributed by atoms with van der Waals surface area (Å²) >= 11 is 9.47. The van der Waals surface area contributed by atoms with Crippen LogP contribution in [-0.2, 0) is 9.53 Å². The van der Waals surface area contributed by atoms with Gasteiger partial charge in [-0.2, -0.15) is 0 Å². The van der Waals surface area contributed by atoms with Crippen molar-refractivity contribution < 1.29 is 9.53 Å². The number of hydrogen-bond acceptors (Lipinski definition) is 3. The number of halogens is 2. The first-order valence-corrected chi connectivity index (χ1v) is 7.33. The summed E-state index contributed by atoms with van der Waals surface area (Å²) in [6, 6.07) is 14.7. The number of esters is 1. The number of aliphatic imine (C=N–C) groups is 1. The molecular weight excluding hydrogens is 354 g/mol. The molecule has 1 aliphatic rings. The van der Waals surface area contributed by atoms with Crippen molar-refractivity contribution in [2.75, 3.05) is 0 Å². The van der Waals surface area contributed by atoms with Crippen molar-refractivity contribution in [1.29, 1.82) is 0 Å². The summed E-state index contributed by atoms with van der Waals surface area (Å²) in [4.78, 5) is 16.1. The summed E-state index contributed by atoms with van der Waals surface area (Å²) in [7, 11) is 0. The molecule has 2 aromatic rings. The maximum Gasteiger partial charge on any atom is 0.363 e. The number of hydrogen-bond donors (Lipinski definition) is 0. The molecule has 0 amide bonds. The summed E-state index contributed by atoms with van der Waals surface area (Å²) in [5.74, 6) is -0.253. The van der Waals surface area contributed by atoms with Gasteiger partial charge >= 0.3 is 5.97 Å². The van der Waals surface area contributed by atoms with E-state index >= 15 is 0 Å². The van der Waals surface area contributed by atoms with Crippen LogP contribution in [0.25, 0.3) is 6.08 Å². The SMILES string of the molecule is O=C1OC(c2ccccc2Cl)=NC1=Cc1cccc(Br)c1. The number of carbonyl (C=O) groups is 1. The average molecular weight is 363 g/mol. The summed E-state index contributed by atoms with van der Waals surface area (Å²) in [6.07, 6.45) is 1.68. The minimum Gasteiger partial charge on any atom is -0.402 e. The molecule has 1 heterocycles. The lowest BCUT2D eigenvalue weighted by Gasteiger charge is -2.00. The van der Waals surface area contributed by atoms with Crippen LogP contribution in [0.2, 0.25) is 5.02 Å². The highest BCUT2D eigenvalue weighted by atomic mass is 79.9. The fourth-order valence-corrected chi connectivity index (χ4v) is 2.55. The number of rotatable bonds is 2. The Morgan fingerprint density at radius 2 is 1.95 bits per heavy atom. The van der Waals surface area contributed by atoms with Crippen LogP contribution in [0.3, 0.4) is 0 Å². The normalized spacial score (nSPS) is 16.0. The lowest BCUT2D eigenvalue weighted by atomic mass is 10.2. The fraction of sp³-hybridized carbons (Fsp3) is 0. The van der Waals surface area contributed by atoms with Crippen molar-refractivity contribution in [3.63, 3.8) is 0 Å². The molecule has 0 radical (unpaired) electrons. The van der Waals surface area contributed by atoms with Crippen LogP contribution < -0.4 is 0 Å². The largest absolute Gasteiger partial charge is 0.402 e. The molecular formula is C16H9BrClNO2. The molecule has 3 rings (SSSR count). The zero-order valence-electron chi connectivity index (χ0n) is 10.7. The zero-order valence-corrected chi connectivity index (χ0v) is 13.1. The van der Waals surface area contributed by atoms with Crippen LogP contribution in [0.15, 0.2) is 63.7 Å². The molecule has 0 aliphatic carbocycles. The van der Waals surface area contributed by atoms with Gasteiger partial charge in [0.15, 0.2) is 5.70 Å². The van der Waals surface area contributed by atoms with Crippen LogP contribution in [0.5, 0.6) is 0 Å². The first-order chi connectivity index (χ1) is 10.1. The van der Waals surface area contributed by atoms with E-state index in [1.807, 2.05) is 30.3 Å². The van der Waals surface area contributed by atoms with E-state index in [-0.39, 0.29) is 11.6 Å². The molecule has 5 heteroatoms. The highest BCUT2D eigenvalue weighted by Gasteiger charge is 2.25. The Bertz CT molecular complexity index is 783. The molecule has 0 N–H and O–H groups in total. The molecule has 3 nitrogen and oxygen atoms in total. The van der Waals surface area contributed by atoms with Crippen LogP contribution in [0, 0.1) is 0 Å². The average Bonchev–Trinajstić information content (AvgIpc) is 2.80. The van der Waals surface area contributed by atoms with Crippen molar-refractivity contribution in [3.8, 4) is 0 Å². The Balaban J connectivity index is 1.98. The number of ether oxygens (including phenoxy) is 1. The van der Waals surface area contributed by atoms with Gasteiger partial charge in [0.05, 0.1) is 10.6 Å². The second-order valence-corrected chi connectivity index (χ2v) is 5.69. The summed E-state index contributed by atoms with van der Waals surface area (Å²) < 4.78 is 6.12. The highest BCUT2D eigenvalue weighted by molar-refractivity contribution is 9.10. The maximum atomic E-state index is 11.9. The smallest absolute Gasteiger partial charge is 0.363 e. The molecule has 0 atom stereocenters. The minimum atomic E-state index is -0.482. The standard InChI is InChI=1S/C16H9BrClNO2/c17-11-5-3-4-10(8-11)9-14-16(20)21-15(19-14)12-6-1-2-7-13(12)18/h1-9H. The molecule has 0 fully saturated rings. The number of cyclic esters (lactones) is 1. The molecule has 0 aromatic heterocycles. The van der Waals surface area contributed by atoms with Gasteiger partial charge in [-0.3, -0.25) is 0 Å². The van der Waals surface area contributed by atoms with Crippen molar-refractivity contribution in [3.05, 3.63) is 74.9 Å². The van der Waals surface area contributed by atoms with Gasteiger partial charge in [0.1, 0.15) is 0 Å². The minimum absolute atomic E-state index is 0.229. The van der Waals surface area contributed by atoms with Crippen molar-refractivity contribution in [1.82, 2.24) is 0 Å². The number of benzene rings is 2. The maximum absolute atomic E-state index is 11.9. The third kappa shape index (κ3) is 3.06. The monoisotopic (exact) mass is 361 g/mol. The van der Waals surface area contributed by atoms with E-state index in [1.54, 1.807) is 24.3 Å². The lowest BCUT2D eigenvalue weighted by Crippen LogP contribution is -2.05. The Labute approximate surface area is 135 Å². The van der Waals surface area contributed by atoms with E-state index < -0.39 is 5.97 Å². The van der Waals surface area contributed by atoms with E-state index in [9.17, 15) is 4.79 Å². The van der Waals surface area contributed by atoms with E-state index in [4.69, 9.17) is 16.3 Å². The Morgan fingerprint density at radius 3 is 2.71 bits per heavy atom. The predicted molar refractivity (Wildman–Crippen MR) is 86.2 cm³/mol. The molecule has 1 aliphatic heterocycles. The molecule has 0 spiro atoms. The van der Waals surface area contributed by atoms with Gasteiger partial charge in [-0.25, -0.2) is 9.79 Å². The van der Waals surface area contributed by atoms with Crippen molar-refractivity contribution >= 4 is 45.5 Å². The van der Waals surface area contributed by atoms with Gasteiger partial charge in [0.25, 0.3) is 0 Å². The summed E-state index contributed by atoms with van der Waals surface area (Å²) in [6.45, 7) is 0. The Hall–Kier alpha value is -1.91. The highest BCUT2D eigenvalue weighted by Crippen LogP contribution is 2.24. The topological polar surface area (TPSA) is 38.7 Å². The van der Waals surface area contributed by atoms with Gasteiger partial charge < -0.3 is 4.74 Å². The fourth-order valence-electron chi connectivity index (χ4n) is 1.91. The summed E-state index contributed by atoms with van der Waals surface area (Å²) in [5, 5.41) is 0.493. The predicted octanol–water partition coefficient (Wildman–Crippen LogP) is 4.45. The first kappa shape index (κ1) is 14.0. The number of carbonyl (C=O) groups excluding carboxylic acids is 1. The molecule has 0 saturated heterocycles. The molecule has 2 aromatic carbocycles. The second-order valence-electron chi connectivity index (χ2n) is 4.37. The first-order valence-electron chi connectivity index (χ1n) is 6.16. The van der Waals surface area contributed by atoms with Gasteiger partial charge in [-0.15, -0.1) is 0 Å². The van der Waals surface area contributed by atoms with Gasteiger partial charge in [0.2, 0.25) is 5.90 Å². The van der Waals surface area contributed by atoms with Gasteiger partial charge in [0, 0.05) is 4.47 Å². The van der Waals surface area contributed by atoms with Crippen LogP contribution in [-0.4, -0.2) is 11.9 Å². The van der Waals surface area contributed by atoms with E-state index in [0.717, 1.165) is 10.0 Å². The third-order valence-corrected chi connectivity index (χ3v) is 3.70. The number of nitrogens with zero attached hydrogens (tertiary/aromatic N) is 1. The Morgan fingerprint density at radius 1 is 1.14 bits per heavy atom. The summed E-state index contributed by atoms with van der Waals surface area (Å²) in [5.41, 5.74) is 1.72. The van der Waals surface area contributed by atoms with Crippen molar-refractivity contribution in [2.24, 2.45) is 4.99 Å². The molecule has 104 valence electrons. The van der Waals surface area contributed by atoms with Crippen LogP contribution in [0.4, 0.5) is 0 Å². The van der Waals surface area contributed by atoms with Gasteiger partial charge in [-0.05, 0) is 35.9 Å². The molecule has 0 unspecified atom stereocenters. The zero-order chi connectivity index (χ0) is 14.8. The molecule has 21 heavy (non-hydrogen) atoms. The third-order valence-electron chi connectivity index (χ3n) is 2.88. The quantitative estimate of drug-likeness (QED) is 0.585. The Kier molecular flexibility index (Phi) is 3.90. The van der Waals surface area contributed by atoms with E-state index in [1.165, 1.54) is 0 Å².